The van der Waals surface area contributed by atoms with Gasteiger partial charge in [0, 0.05) is 33.5 Å². The molecule has 0 saturated carbocycles. The van der Waals surface area contributed by atoms with E-state index in [1.807, 2.05) is 0 Å². The fourth-order valence-electron chi connectivity index (χ4n) is 4.18. The van der Waals surface area contributed by atoms with Crippen molar-refractivity contribution >= 4 is 58.5 Å². The van der Waals surface area contributed by atoms with Crippen molar-refractivity contribution in [2.75, 3.05) is 32.0 Å². The third-order valence-corrected chi connectivity index (χ3v) is 7.91. The molecule has 4 rings (SSSR count). The molecule has 1 unspecified atom stereocenters. The molecule has 0 heterocycles. The molecule has 3 N–H and O–H groups in total. The molecule has 0 aliphatic heterocycles. The second-order valence-corrected chi connectivity index (χ2v) is 11.5. The van der Waals surface area contributed by atoms with Crippen LogP contribution in [0.5, 0.6) is 17.2 Å². The fourth-order valence-corrected chi connectivity index (χ4v) is 5.29. The zero-order valence-corrected chi connectivity index (χ0v) is 26.9. The van der Waals surface area contributed by atoms with Crippen LogP contribution in [0.25, 0.3) is 6.08 Å². The number of anilines is 2. The van der Waals surface area contributed by atoms with Gasteiger partial charge in [-0.3, -0.25) is 14.4 Å². The standard InChI is InChI=1S/C34H31ClFN3O6S/c1-20(32(40)37-24-13-14-27(36)26(35)18-24)46-25-12-8-11-23(17-25)38-34(42)28(39-33(41)21-9-6-5-7-10-21)15-22-16-30(44-3)31(45-4)19-29(22)43-2/h5-20H,1-4H3,(H,37,40)(H,38,42)(H,39,41)/b28-15+. The van der Waals surface area contributed by atoms with Crippen molar-refractivity contribution in [2.45, 2.75) is 17.1 Å². The molecule has 1 atom stereocenters. The van der Waals surface area contributed by atoms with Crippen molar-refractivity contribution in [3.05, 3.63) is 113 Å². The molecule has 0 spiro atoms. The molecule has 46 heavy (non-hydrogen) atoms. The molecule has 238 valence electrons. The Kier molecular flexibility index (Phi) is 11.7. The van der Waals surface area contributed by atoms with Gasteiger partial charge in [0.05, 0.1) is 31.6 Å². The number of halogens is 2. The summed E-state index contributed by atoms with van der Waals surface area (Å²) in [6.07, 6.45) is 1.48. The van der Waals surface area contributed by atoms with Crippen LogP contribution in [0.15, 0.2) is 95.5 Å². The summed E-state index contributed by atoms with van der Waals surface area (Å²) >= 11 is 7.08. The fraction of sp³-hybridized carbons (Fsp3) is 0.147. The summed E-state index contributed by atoms with van der Waals surface area (Å²) in [6, 6.07) is 22.6. The third kappa shape index (κ3) is 8.80. The first-order valence-corrected chi connectivity index (χ1v) is 15.1. The number of hydrogen-bond acceptors (Lipinski definition) is 7. The molecule has 0 bridgehead atoms. The number of carbonyl (C=O) groups is 3. The maximum atomic E-state index is 13.7. The van der Waals surface area contributed by atoms with E-state index >= 15 is 0 Å². The zero-order chi connectivity index (χ0) is 33.2. The van der Waals surface area contributed by atoms with Gasteiger partial charge in [-0.1, -0.05) is 35.9 Å². The van der Waals surface area contributed by atoms with E-state index in [0.717, 1.165) is 0 Å². The highest BCUT2D eigenvalue weighted by molar-refractivity contribution is 8.00. The SMILES string of the molecule is COc1cc(OC)c(OC)cc1/C=C(/NC(=O)c1ccccc1)C(=O)Nc1cccc(SC(C)C(=O)Nc2ccc(F)c(Cl)c2)c1. The van der Waals surface area contributed by atoms with E-state index in [-0.39, 0.29) is 16.6 Å². The van der Waals surface area contributed by atoms with Gasteiger partial charge in [0.15, 0.2) is 11.5 Å². The van der Waals surface area contributed by atoms with E-state index < -0.39 is 22.9 Å². The van der Waals surface area contributed by atoms with Crippen molar-refractivity contribution in [1.29, 1.82) is 0 Å². The lowest BCUT2D eigenvalue weighted by atomic mass is 10.1. The maximum Gasteiger partial charge on any atom is 0.272 e. The van der Waals surface area contributed by atoms with E-state index in [9.17, 15) is 18.8 Å². The molecule has 9 nitrogen and oxygen atoms in total. The Labute approximate surface area is 275 Å². The number of hydrogen-bond donors (Lipinski definition) is 3. The summed E-state index contributed by atoms with van der Waals surface area (Å²) in [5, 5.41) is 7.59. The Morgan fingerprint density at radius 2 is 1.48 bits per heavy atom. The molecular formula is C34H31ClFN3O6S. The van der Waals surface area contributed by atoms with Crippen LogP contribution in [0.2, 0.25) is 5.02 Å². The number of rotatable bonds is 12. The van der Waals surface area contributed by atoms with E-state index in [1.54, 1.807) is 73.7 Å². The Balaban J connectivity index is 1.57. The number of ether oxygens (including phenoxy) is 3. The minimum Gasteiger partial charge on any atom is -0.496 e. The van der Waals surface area contributed by atoms with Crippen molar-refractivity contribution in [1.82, 2.24) is 5.32 Å². The topological polar surface area (TPSA) is 115 Å². The maximum absolute atomic E-state index is 13.7. The Morgan fingerprint density at radius 3 is 2.15 bits per heavy atom. The number of methoxy groups -OCH3 is 3. The Morgan fingerprint density at radius 1 is 0.804 bits per heavy atom. The summed E-state index contributed by atoms with van der Waals surface area (Å²) in [6.45, 7) is 1.72. The van der Waals surface area contributed by atoms with Gasteiger partial charge in [0.2, 0.25) is 5.91 Å². The lowest BCUT2D eigenvalue weighted by Gasteiger charge is -2.15. The van der Waals surface area contributed by atoms with E-state index in [4.69, 9.17) is 25.8 Å². The molecular weight excluding hydrogens is 633 g/mol. The zero-order valence-electron chi connectivity index (χ0n) is 25.4. The van der Waals surface area contributed by atoms with E-state index in [1.165, 1.54) is 57.4 Å². The van der Waals surface area contributed by atoms with Gasteiger partial charge < -0.3 is 30.2 Å². The molecule has 0 radical (unpaired) electrons. The second kappa shape index (κ2) is 15.8. The highest BCUT2D eigenvalue weighted by Gasteiger charge is 2.19. The lowest BCUT2D eigenvalue weighted by Crippen LogP contribution is -2.30. The Hall–Kier alpha value is -5.00. The number of amides is 3. The largest absolute Gasteiger partial charge is 0.496 e. The highest BCUT2D eigenvalue weighted by atomic mass is 35.5. The summed E-state index contributed by atoms with van der Waals surface area (Å²) in [7, 11) is 4.45. The summed E-state index contributed by atoms with van der Waals surface area (Å²) in [4.78, 5) is 40.2. The molecule has 0 saturated heterocycles. The molecule has 4 aromatic carbocycles. The minimum atomic E-state index is -0.609. The van der Waals surface area contributed by atoms with Crippen LogP contribution in [-0.2, 0) is 9.59 Å². The van der Waals surface area contributed by atoms with Crippen LogP contribution in [0.3, 0.4) is 0 Å². The average Bonchev–Trinajstić information content (AvgIpc) is 3.06. The monoisotopic (exact) mass is 663 g/mol. The van der Waals surface area contributed by atoms with Gasteiger partial charge in [-0.15, -0.1) is 11.8 Å². The first-order valence-electron chi connectivity index (χ1n) is 13.8. The quantitative estimate of drug-likeness (QED) is 0.110. The average molecular weight is 664 g/mol. The van der Waals surface area contributed by atoms with E-state index in [0.29, 0.717) is 44.6 Å². The van der Waals surface area contributed by atoms with Crippen LogP contribution >= 0.6 is 23.4 Å². The molecule has 0 aliphatic rings. The predicted molar refractivity (Wildman–Crippen MR) is 178 cm³/mol. The van der Waals surface area contributed by atoms with Gasteiger partial charge >= 0.3 is 0 Å². The predicted octanol–water partition coefficient (Wildman–Crippen LogP) is 7.03. The van der Waals surface area contributed by atoms with Crippen LogP contribution in [0, 0.1) is 5.82 Å². The van der Waals surface area contributed by atoms with Gasteiger partial charge in [0.1, 0.15) is 17.3 Å². The first-order chi connectivity index (χ1) is 22.1. The van der Waals surface area contributed by atoms with Crippen molar-refractivity contribution in [3.63, 3.8) is 0 Å². The molecule has 0 aromatic heterocycles. The van der Waals surface area contributed by atoms with Gasteiger partial charge in [-0.05, 0) is 67.6 Å². The normalized spacial score (nSPS) is 11.7. The van der Waals surface area contributed by atoms with Crippen LogP contribution in [0.1, 0.15) is 22.8 Å². The molecule has 12 heteroatoms. The summed E-state index contributed by atoms with van der Waals surface area (Å²) in [5.74, 6) is -0.800. The lowest BCUT2D eigenvalue weighted by molar-refractivity contribution is -0.115. The smallest absolute Gasteiger partial charge is 0.272 e. The van der Waals surface area contributed by atoms with Gasteiger partial charge in [0.25, 0.3) is 11.8 Å². The van der Waals surface area contributed by atoms with E-state index in [2.05, 4.69) is 16.0 Å². The van der Waals surface area contributed by atoms with Gasteiger partial charge in [-0.25, -0.2) is 4.39 Å². The molecule has 0 fully saturated rings. The van der Waals surface area contributed by atoms with Crippen molar-refractivity contribution in [3.8, 4) is 17.2 Å². The van der Waals surface area contributed by atoms with Crippen molar-refractivity contribution < 1.29 is 33.0 Å². The van der Waals surface area contributed by atoms with Crippen LogP contribution in [-0.4, -0.2) is 44.3 Å². The number of benzene rings is 4. The Bertz CT molecular complexity index is 1770. The minimum absolute atomic E-state index is 0.0665. The van der Waals surface area contributed by atoms with Crippen LogP contribution < -0.4 is 30.2 Å². The number of carbonyl (C=O) groups excluding carboxylic acids is 3. The molecule has 4 aromatic rings. The highest BCUT2D eigenvalue weighted by Crippen LogP contribution is 2.36. The number of thioether (sulfide) groups is 1. The first kappa shape index (κ1) is 33.9. The van der Waals surface area contributed by atoms with Crippen molar-refractivity contribution in [2.24, 2.45) is 0 Å². The van der Waals surface area contributed by atoms with Crippen LogP contribution in [0.4, 0.5) is 15.8 Å². The second-order valence-electron chi connectivity index (χ2n) is 9.69. The number of nitrogens with one attached hydrogen (secondary N) is 3. The third-order valence-electron chi connectivity index (χ3n) is 6.53. The summed E-state index contributed by atoms with van der Waals surface area (Å²) < 4.78 is 29.8. The molecule has 0 aliphatic carbocycles. The van der Waals surface area contributed by atoms with Gasteiger partial charge in [-0.2, -0.15) is 0 Å². The summed E-state index contributed by atoms with van der Waals surface area (Å²) in [5.41, 5.74) is 1.53. The molecule has 3 amide bonds.